The minimum atomic E-state index is -1.03. The molecule has 0 unspecified atom stereocenters. The van der Waals surface area contributed by atoms with Crippen molar-refractivity contribution < 1.29 is 23.8 Å². The van der Waals surface area contributed by atoms with Crippen LogP contribution >= 0.6 is 0 Å². The maximum atomic E-state index is 12.1. The van der Waals surface area contributed by atoms with Gasteiger partial charge in [0, 0.05) is 25.6 Å². The third-order valence-electron chi connectivity index (χ3n) is 3.13. The number of carboxylic acids is 1. The number of nitrogens with zero attached hydrogens (tertiary/aromatic N) is 1. The van der Waals surface area contributed by atoms with Crippen molar-refractivity contribution >= 4 is 17.6 Å². The number of hydrogen-bond acceptors (Lipinski definition) is 4. The summed E-state index contributed by atoms with van der Waals surface area (Å²) >= 11 is 0. The molecule has 1 heterocycles. The van der Waals surface area contributed by atoms with E-state index in [-0.39, 0.29) is 5.91 Å². The van der Waals surface area contributed by atoms with Gasteiger partial charge in [-0.15, -0.1) is 0 Å². The standard InChI is InChI=1S/C16H17NO5/c1-17(15(18)9-8-13-3-2-10-21-13)12-4-6-14(7-5-12)22-11-16(19)20/h2-7,10H,8-9,11H2,1H3,(H,19,20). The van der Waals surface area contributed by atoms with Crippen molar-refractivity contribution in [3.05, 3.63) is 48.4 Å². The first-order valence-electron chi connectivity index (χ1n) is 6.80. The molecule has 0 radical (unpaired) electrons. The van der Waals surface area contributed by atoms with Crippen LogP contribution in [0.15, 0.2) is 47.1 Å². The van der Waals surface area contributed by atoms with Gasteiger partial charge in [0.1, 0.15) is 11.5 Å². The van der Waals surface area contributed by atoms with Crippen LogP contribution in [0.1, 0.15) is 12.2 Å². The zero-order valence-corrected chi connectivity index (χ0v) is 12.2. The van der Waals surface area contributed by atoms with Crippen molar-refractivity contribution in [2.24, 2.45) is 0 Å². The van der Waals surface area contributed by atoms with Gasteiger partial charge in [0.05, 0.1) is 6.26 Å². The van der Waals surface area contributed by atoms with Gasteiger partial charge in [-0.1, -0.05) is 0 Å². The second-order valence-corrected chi connectivity index (χ2v) is 4.71. The SMILES string of the molecule is CN(C(=O)CCc1ccco1)c1ccc(OCC(=O)O)cc1. The fraction of sp³-hybridized carbons (Fsp3) is 0.250. The van der Waals surface area contributed by atoms with Crippen molar-refractivity contribution in [1.82, 2.24) is 0 Å². The van der Waals surface area contributed by atoms with Crippen molar-refractivity contribution in [2.75, 3.05) is 18.6 Å². The molecule has 0 atom stereocenters. The van der Waals surface area contributed by atoms with Crippen LogP contribution in [-0.4, -0.2) is 30.6 Å². The molecule has 0 aliphatic rings. The lowest BCUT2D eigenvalue weighted by atomic mass is 10.2. The van der Waals surface area contributed by atoms with Crippen LogP contribution in [0.25, 0.3) is 0 Å². The van der Waals surface area contributed by atoms with E-state index in [9.17, 15) is 9.59 Å². The van der Waals surface area contributed by atoms with Crippen molar-refractivity contribution in [1.29, 1.82) is 0 Å². The minimum absolute atomic E-state index is 0.0318. The van der Waals surface area contributed by atoms with Gasteiger partial charge in [0.2, 0.25) is 5.91 Å². The number of ether oxygens (including phenoxy) is 1. The first-order chi connectivity index (χ1) is 10.6. The predicted molar refractivity (Wildman–Crippen MR) is 80.0 cm³/mol. The lowest BCUT2D eigenvalue weighted by Gasteiger charge is -2.17. The Bertz CT molecular complexity index is 618. The molecule has 6 heteroatoms. The Hall–Kier alpha value is -2.76. The Morgan fingerprint density at radius 3 is 2.55 bits per heavy atom. The fourth-order valence-electron chi connectivity index (χ4n) is 1.91. The van der Waals surface area contributed by atoms with Gasteiger partial charge < -0.3 is 19.2 Å². The summed E-state index contributed by atoms with van der Waals surface area (Å²) in [6.45, 7) is -0.392. The molecule has 22 heavy (non-hydrogen) atoms. The molecule has 1 amide bonds. The lowest BCUT2D eigenvalue weighted by molar-refractivity contribution is -0.139. The molecule has 0 saturated carbocycles. The number of benzene rings is 1. The summed E-state index contributed by atoms with van der Waals surface area (Å²) in [6, 6.07) is 10.3. The second kappa shape index (κ2) is 7.31. The van der Waals surface area contributed by atoms with Crippen LogP contribution in [0.2, 0.25) is 0 Å². The van der Waals surface area contributed by atoms with Gasteiger partial charge in [-0.3, -0.25) is 4.79 Å². The maximum Gasteiger partial charge on any atom is 0.341 e. The largest absolute Gasteiger partial charge is 0.482 e. The summed E-state index contributed by atoms with van der Waals surface area (Å²) in [4.78, 5) is 24.1. The van der Waals surface area contributed by atoms with Gasteiger partial charge in [-0.05, 0) is 36.4 Å². The van der Waals surface area contributed by atoms with Crippen molar-refractivity contribution in [3.63, 3.8) is 0 Å². The molecule has 0 bridgehead atoms. The Kier molecular flexibility index (Phi) is 5.19. The summed E-state index contributed by atoms with van der Waals surface area (Å²) in [5.41, 5.74) is 0.715. The third-order valence-corrected chi connectivity index (χ3v) is 3.13. The molecule has 0 spiro atoms. The highest BCUT2D eigenvalue weighted by atomic mass is 16.5. The van der Waals surface area contributed by atoms with Crippen LogP contribution < -0.4 is 9.64 Å². The first kappa shape index (κ1) is 15.6. The van der Waals surface area contributed by atoms with Crippen molar-refractivity contribution in [2.45, 2.75) is 12.8 Å². The molecule has 1 aromatic heterocycles. The number of aliphatic carboxylic acids is 1. The Balaban J connectivity index is 1.89. The van der Waals surface area contributed by atoms with E-state index in [0.29, 0.717) is 24.3 Å². The van der Waals surface area contributed by atoms with Crippen LogP contribution in [0.3, 0.4) is 0 Å². The molecule has 0 aliphatic carbocycles. The number of anilines is 1. The highest BCUT2D eigenvalue weighted by molar-refractivity contribution is 5.92. The molecular formula is C16H17NO5. The number of aryl methyl sites for hydroxylation is 1. The average Bonchev–Trinajstić information content (AvgIpc) is 3.03. The summed E-state index contributed by atoms with van der Waals surface area (Å²) in [7, 11) is 1.69. The number of hydrogen-bond donors (Lipinski definition) is 1. The Morgan fingerprint density at radius 2 is 1.95 bits per heavy atom. The smallest absolute Gasteiger partial charge is 0.341 e. The quantitative estimate of drug-likeness (QED) is 0.849. The number of carboxylic acid groups (broad SMARTS) is 1. The monoisotopic (exact) mass is 303 g/mol. The number of carbonyl (C=O) groups excluding carboxylic acids is 1. The van der Waals surface area contributed by atoms with E-state index in [1.807, 2.05) is 6.07 Å². The topological polar surface area (TPSA) is 80.0 Å². The lowest BCUT2D eigenvalue weighted by Crippen LogP contribution is -2.26. The Labute approximate surface area is 127 Å². The number of amides is 1. The minimum Gasteiger partial charge on any atom is -0.482 e. The summed E-state index contributed by atoms with van der Waals surface area (Å²) in [6.07, 6.45) is 2.48. The van der Waals surface area contributed by atoms with Crippen molar-refractivity contribution in [3.8, 4) is 5.75 Å². The molecule has 1 N–H and O–H groups in total. The molecule has 2 aromatic rings. The van der Waals surface area contributed by atoms with E-state index in [0.717, 1.165) is 5.76 Å². The van der Waals surface area contributed by atoms with Gasteiger partial charge in [0.15, 0.2) is 6.61 Å². The number of rotatable bonds is 7. The summed E-state index contributed by atoms with van der Waals surface area (Å²) in [5, 5.41) is 8.54. The van der Waals surface area contributed by atoms with E-state index >= 15 is 0 Å². The van der Waals surface area contributed by atoms with Crippen LogP contribution in [0, 0.1) is 0 Å². The van der Waals surface area contributed by atoms with E-state index in [2.05, 4.69) is 0 Å². The first-order valence-corrected chi connectivity index (χ1v) is 6.80. The van der Waals surface area contributed by atoms with E-state index in [1.165, 1.54) is 0 Å². The Morgan fingerprint density at radius 1 is 1.23 bits per heavy atom. The van der Waals surface area contributed by atoms with Gasteiger partial charge in [0.25, 0.3) is 0 Å². The predicted octanol–water partition coefficient (Wildman–Crippen LogP) is 2.34. The molecule has 2 rings (SSSR count). The second-order valence-electron chi connectivity index (χ2n) is 4.71. The molecular weight excluding hydrogens is 286 g/mol. The number of furan rings is 1. The average molecular weight is 303 g/mol. The maximum absolute atomic E-state index is 12.1. The summed E-state index contributed by atoms with van der Waals surface area (Å²) < 4.78 is 10.2. The molecule has 6 nitrogen and oxygen atoms in total. The molecule has 0 aliphatic heterocycles. The zero-order valence-electron chi connectivity index (χ0n) is 12.2. The van der Waals surface area contributed by atoms with Crippen LogP contribution in [-0.2, 0) is 16.0 Å². The molecule has 0 saturated heterocycles. The normalized spacial score (nSPS) is 10.2. The fourth-order valence-corrected chi connectivity index (χ4v) is 1.91. The number of carbonyl (C=O) groups is 2. The zero-order chi connectivity index (χ0) is 15.9. The third kappa shape index (κ3) is 4.37. The summed E-state index contributed by atoms with van der Waals surface area (Å²) in [5.74, 6) is 0.159. The molecule has 116 valence electrons. The van der Waals surface area contributed by atoms with Gasteiger partial charge >= 0.3 is 5.97 Å². The van der Waals surface area contributed by atoms with E-state index in [4.69, 9.17) is 14.3 Å². The highest BCUT2D eigenvalue weighted by Gasteiger charge is 2.12. The molecule has 0 fully saturated rings. The van der Waals surface area contributed by atoms with Crippen LogP contribution in [0.5, 0.6) is 5.75 Å². The van der Waals surface area contributed by atoms with E-state index < -0.39 is 12.6 Å². The van der Waals surface area contributed by atoms with Crippen LogP contribution in [0.4, 0.5) is 5.69 Å². The van der Waals surface area contributed by atoms with Gasteiger partial charge in [-0.25, -0.2) is 4.79 Å². The molecule has 1 aromatic carbocycles. The van der Waals surface area contributed by atoms with E-state index in [1.54, 1.807) is 48.5 Å². The highest BCUT2D eigenvalue weighted by Crippen LogP contribution is 2.19. The van der Waals surface area contributed by atoms with Gasteiger partial charge in [-0.2, -0.15) is 0 Å².